The minimum absolute atomic E-state index is 1.03. The van der Waals surface area contributed by atoms with Gasteiger partial charge in [0.05, 0.1) is 11.2 Å². The first kappa shape index (κ1) is 13.3. The van der Waals surface area contributed by atoms with Gasteiger partial charge in [-0.2, -0.15) is 0 Å². The topological polar surface area (TPSA) is 12.9 Å². The van der Waals surface area contributed by atoms with Crippen molar-refractivity contribution in [3.8, 4) is 22.4 Å². The quantitative estimate of drug-likeness (QED) is 0.387. The van der Waals surface area contributed by atoms with E-state index in [2.05, 4.69) is 84.9 Å². The molecule has 0 bridgehead atoms. The molecule has 0 saturated carbocycles. The normalized spacial score (nSPS) is 12.0. The first-order chi connectivity index (χ1) is 11.9. The highest BCUT2D eigenvalue weighted by molar-refractivity contribution is 6.04. The summed E-state index contributed by atoms with van der Waals surface area (Å²) in [5.41, 5.74) is 8.22. The van der Waals surface area contributed by atoms with Gasteiger partial charge in [-0.3, -0.25) is 0 Å². The van der Waals surface area contributed by atoms with Gasteiger partial charge in [-0.05, 0) is 34.4 Å². The van der Waals surface area contributed by atoms with E-state index in [1.807, 2.05) is 6.07 Å². The average Bonchev–Trinajstić information content (AvgIpc) is 3.07. The highest BCUT2D eigenvalue weighted by atomic mass is 14.7. The van der Waals surface area contributed by atoms with E-state index in [1.165, 1.54) is 33.2 Å². The Kier molecular flexibility index (Phi) is 2.86. The molecular weight excluding hydrogens is 290 g/mol. The van der Waals surface area contributed by atoms with Crippen molar-refractivity contribution < 1.29 is 0 Å². The fourth-order valence-corrected chi connectivity index (χ4v) is 3.51. The second-order valence-electron chi connectivity index (χ2n) is 6.08. The Morgan fingerprint density at radius 1 is 0.583 bits per heavy atom. The summed E-state index contributed by atoms with van der Waals surface area (Å²) in [4.78, 5) is 4.95. The van der Waals surface area contributed by atoms with Crippen LogP contribution in [-0.4, -0.2) is 4.98 Å². The molecule has 1 aliphatic rings. The van der Waals surface area contributed by atoms with Crippen molar-refractivity contribution in [1.29, 1.82) is 0 Å². The van der Waals surface area contributed by atoms with Gasteiger partial charge in [-0.15, -0.1) is 0 Å². The van der Waals surface area contributed by atoms with E-state index >= 15 is 0 Å². The molecule has 0 amide bonds. The summed E-state index contributed by atoms with van der Waals surface area (Å²) in [6, 6.07) is 27.5. The molecule has 1 heteroatoms. The fraction of sp³-hybridized carbons (Fsp3) is 0. The minimum Gasteiger partial charge on any atom is -0.248 e. The third-order valence-electron chi connectivity index (χ3n) is 4.63. The Balaban J connectivity index is 1.77. The summed E-state index contributed by atoms with van der Waals surface area (Å²) in [6.45, 7) is 0. The Bertz CT molecular complexity index is 1090. The molecule has 1 aromatic heterocycles. The van der Waals surface area contributed by atoms with Crippen LogP contribution in [0.1, 0.15) is 11.1 Å². The van der Waals surface area contributed by atoms with Crippen LogP contribution in [0.5, 0.6) is 0 Å². The van der Waals surface area contributed by atoms with E-state index in [0.717, 1.165) is 11.2 Å². The molecule has 112 valence electrons. The first-order valence-electron chi connectivity index (χ1n) is 8.17. The maximum Gasteiger partial charge on any atom is 0.0721 e. The molecule has 5 rings (SSSR count). The highest BCUT2D eigenvalue weighted by Gasteiger charge is 2.14. The smallest absolute Gasteiger partial charge is 0.0721 e. The Morgan fingerprint density at radius 3 is 2.21 bits per heavy atom. The van der Waals surface area contributed by atoms with Crippen molar-refractivity contribution in [3.05, 3.63) is 90.0 Å². The van der Waals surface area contributed by atoms with Crippen LogP contribution in [-0.2, 0) is 0 Å². The molecule has 0 N–H and O–H groups in total. The number of rotatable bonds is 2. The molecule has 0 unspecified atom stereocenters. The average molecular weight is 305 g/mol. The molecule has 0 aliphatic heterocycles. The number of pyridine rings is 1. The van der Waals surface area contributed by atoms with Crippen LogP contribution in [0.2, 0.25) is 0 Å². The minimum atomic E-state index is 1.03. The lowest BCUT2D eigenvalue weighted by atomic mass is 9.96. The lowest BCUT2D eigenvalue weighted by molar-refractivity contribution is 1.39. The van der Waals surface area contributed by atoms with E-state index in [0.29, 0.717) is 0 Å². The number of hydrogen-bond donors (Lipinski definition) is 0. The van der Waals surface area contributed by atoms with Crippen molar-refractivity contribution >= 4 is 23.1 Å². The monoisotopic (exact) mass is 305 g/mol. The van der Waals surface area contributed by atoms with Crippen molar-refractivity contribution in [2.45, 2.75) is 0 Å². The second kappa shape index (κ2) is 5.17. The maximum absolute atomic E-state index is 4.95. The van der Waals surface area contributed by atoms with E-state index in [1.54, 1.807) is 0 Å². The number of benzene rings is 3. The molecule has 0 radical (unpaired) electrons. The SMILES string of the molecule is C1=Cc2cc(-c3ccccc3-c3ccccc3)nc3cccc1c23. The fourth-order valence-electron chi connectivity index (χ4n) is 3.51. The molecule has 0 saturated heterocycles. The second-order valence-corrected chi connectivity index (χ2v) is 6.08. The van der Waals surface area contributed by atoms with Crippen molar-refractivity contribution in [1.82, 2.24) is 4.98 Å². The molecule has 3 aromatic carbocycles. The van der Waals surface area contributed by atoms with E-state index in [-0.39, 0.29) is 0 Å². The molecule has 0 atom stereocenters. The Labute approximate surface area is 140 Å². The maximum atomic E-state index is 4.95. The van der Waals surface area contributed by atoms with Crippen LogP contribution in [0.25, 0.3) is 45.4 Å². The van der Waals surface area contributed by atoms with Crippen molar-refractivity contribution in [2.24, 2.45) is 0 Å². The molecule has 24 heavy (non-hydrogen) atoms. The van der Waals surface area contributed by atoms with Crippen LogP contribution >= 0.6 is 0 Å². The van der Waals surface area contributed by atoms with Crippen LogP contribution in [0.15, 0.2) is 78.9 Å². The zero-order valence-electron chi connectivity index (χ0n) is 13.1. The molecule has 4 aromatic rings. The Hall–Kier alpha value is -3.19. The van der Waals surface area contributed by atoms with Gasteiger partial charge >= 0.3 is 0 Å². The summed E-state index contributed by atoms with van der Waals surface area (Å²) >= 11 is 0. The van der Waals surface area contributed by atoms with Gasteiger partial charge in [-0.1, -0.05) is 78.9 Å². The molecular formula is C23H15N. The zero-order chi connectivity index (χ0) is 15.9. The summed E-state index contributed by atoms with van der Waals surface area (Å²) in [5.74, 6) is 0. The van der Waals surface area contributed by atoms with Gasteiger partial charge in [0.2, 0.25) is 0 Å². The van der Waals surface area contributed by atoms with Crippen LogP contribution in [0, 0.1) is 0 Å². The Morgan fingerprint density at radius 2 is 1.33 bits per heavy atom. The van der Waals surface area contributed by atoms with Gasteiger partial charge in [-0.25, -0.2) is 4.98 Å². The number of hydrogen-bond acceptors (Lipinski definition) is 1. The lowest BCUT2D eigenvalue weighted by Gasteiger charge is -2.11. The molecule has 1 heterocycles. The first-order valence-corrected chi connectivity index (χ1v) is 8.17. The zero-order valence-corrected chi connectivity index (χ0v) is 13.1. The highest BCUT2D eigenvalue weighted by Crippen LogP contribution is 2.36. The van der Waals surface area contributed by atoms with Crippen molar-refractivity contribution in [3.63, 3.8) is 0 Å². The molecule has 0 fully saturated rings. The lowest BCUT2D eigenvalue weighted by Crippen LogP contribution is -1.91. The van der Waals surface area contributed by atoms with E-state index < -0.39 is 0 Å². The van der Waals surface area contributed by atoms with Crippen LogP contribution < -0.4 is 0 Å². The number of aromatic nitrogens is 1. The number of nitrogens with zero attached hydrogens (tertiary/aromatic N) is 1. The van der Waals surface area contributed by atoms with Crippen molar-refractivity contribution in [2.75, 3.05) is 0 Å². The summed E-state index contributed by atoms with van der Waals surface area (Å²) in [7, 11) is 0. The largest absolute Gasteiger partial charge is 0.248 e. The molecule has 1 aliphatic carbocycles. The van der Waals surface area contributed by atoms with Gasteiger partial charge in [0.1, 0.15) is 0 Å². The van der Waals surface area contributed by atoms with Gasteiger partial charge in [0.15, 0.2) is 0 Å². The summed E-state index contributed by atoms with van der Waals surface area (Å²) < 4.78 is 0. The predicted molar refractivity (Wildman–Crippen MR) is 102 cm³/mol. The summed E-state index contributed by atoms with van der Waals surface area (Å²) in [6.07, 6.45) is 4.36. The van der Waals surface area contributed by atoms with Gasteiger partial charge in [0.25, 0.3) is 0 Å². The third-order valence-corrected chi connectivity index (χ3v) is 4.63. The van der Waals surface area contributed by atoms with Crippen LogP contribution in [0.4, 0.5) is 0 Å². The van der Waals surface area contributed by atoms with E-state index in [4.69, 9.17) is 4.98 Å². The van der Waals surface area contributed by atoms with E-state index in [9.17, 15) is 0 Å². The standard InChI is InChI=1S/C23H15N/c1-2-7-16(8-3-1)19-10-4-5-11-20(19)22-15-18-14-13-17-9-6-12-21(24-22)23(17)18/h1-15H. The van der Waals surface area contributed by atoms with Gasteiger partial charge < -0.3 is 0 Å². The predicted octanol–water partition coefficient (Wildman–Crippen LogP) is 6.05. The molecule has 1 nitrogen and oxygen atoms in total. The molecule has 0 spiro atoms. The third kappa shape index (κ3) is 1.99. The van der Waals surface area contributed by atoms with Gasteiger partial charge in [0, 0.05) is 10.9 Å². The summed E-state index contributed by atoms with van der Waals surface area (Å²) in [5, 5.41) is 1.26. The van der Waals surface area contributed by atoms with Crippen LogP contribution in [0.3, 0.4) is 0 Å².